The Bertz CT molecular complexity index is 769. The van der Waals surface area contributed by atoms with Crippen molar-refractivity contribution in [1.29, 1.82) is 0 Å². The van der Waals surface area contributed by atoms with Gasteiger partial charge in [0.2, 0.25) is 5.91 Å². The van der Waals surface area contributed by atoms with Crippen LogP contribution in [0.1, 0.15) is 28.1 Å². The van der Waals surface area contributed by atoms with Gasteiger partial charge in [-0.05, 0) is 17.7 Å². The number of aliphatic hydroxyl groups excluding tert-OH is 1. The molecule has 0 aliphatic carbocycles. The summed E-state index contributed by atoms with van der Waals surface area (Å²) in [7, 11) is 0. The van der Waals surface area contributed by atoms with Crippen molar-refractivity contribution in [2.75, 3.05) is 6.61 Å². The van der Waals surface area contributed by atoms with Crippen molar-refractivity contribution in [2.45, 2.75) is 18.9 Å². The van der Waals surface area contributed by atoms with Gasteiger partial charge in [0.05, 0.1) is 30.0 Å². The number of hydrogen-bond donors (Lipinski definition) is 2. The summed E-state index contributed by atoms with van der Waals surface area (Å²) in [6, 6.07) is 13.0. The monoisotopic (exact) mass is 342 g/mol. The Hall–Kier alpha value is -2.44. The first-order chi connectivity index (χ1) is 11.7. The first-order valence-corrected chi connectivity index (χ1v) is 8.53. The number of carbonyl (C=O) groups excluding carboxylic acids is 1. The van der Waals surface area contributed by atoms with Crippen molar-refractivity contribution in [3.8, 4) is 0 Å². The summed E-state index contributed by atoms with van der Waals surface area (Å²) in [4.78, 5) is 16.7. The maximum Gasteiger partial charge on any atom is 0.226 e. The zero-order valence-electron chi connectivity index (χ0n) is 13.0. The SMILES string of the molecule is O=C(Cc1csc(Cc2ccccc2)n1)NC(CO)c1ccco1. The summed E-state index contributed by atoms with van der Waals surface area (Å²) in [5, 5.41) is 15.0. The molecule has 1 unspecified atom stereocenters. The molecule has 1 amide bonds. The number of benzene rings is 1. The number of amides is 1. The number of aromatic nitrogens is 1. The Morgan fingerprint density at radius 2 is 2.08 bits per heavy atom. The van der Waals surface area contributed by atoms with Crippen LogP contribution in [0.25, 0.3) is 0 Å². The first kappa shape index (κ1) is 16.4. The second kappa shape index (κ2) is 7.90. The summed E-state index contributed by atoms with van der Waals surface area (Å²) in [5.74, 6) is 0.343. The van der Waals surface area contributed by atoms with Crippen LogP contribution < -0.4 is 5.32 Å². The largest absolute Gasteiger partial charge is 0.467 e. The Kier molecular flexibility index (Phi) is 5.40. The van der Waals surface area contributed by atoms with Gasteiger partial charge in [-0.3, -0.25) is 4.79 Å². The van der Waals surface area contributed by atoms with Crippen molar-refractivity contribution in [3.63, 3.8) is 0 Å². The molecule has 1 atom stereocenters. The molecule has 0 fully saturated rings. The van der Waals surface area contributed by atoms with E-state index < -0.39 is 6.04 Å². The molecule has 0 saturated carbocycles. The van der Waals surface area contributed by atoms with E-state index in [2.05, 4.69) is 22.4 Å². The average Bonchev–Trinajstić information content (AvgIpc) is 3.26. The van der Waals surface area contributed by atoms with Gasteiger partial charge >= 0.3 is 0 Å². The van der Waals surface area contributed by atoms with Gasteiger partial charge in [0.25, 0.3) is 0 Å². The first-order valence-electron chi connectivity index (χ1n) is 7.65. The minimum atomic E-state index is -0.532. The maximum atomic E-state index is 12.1. The predicted octanol–water partition coefficient (Wildman–Crippen LogP) is 2.72. The van der Waals surface area contributed by atoms with Crippen LogP contribution in [0.5, 0.6) is 0 Å². The van der Waals surface area contributed by atoms with Crippen molar-refractivity contribution in [3.05, 3.63) is 76.1 Å². The minimum Gasteiger partial charge on any atom is -0.467 e. The molecule has 6 heteroatoms. The fourth-order valence-electron chi connectivity index (χ4n) is 2.39. The summed E-state index contributed by atoms with van der Waals surface area (Å²) in [6.45, 7) is -0.213. The number of carbonyl (C=O) groups is 1. The zero-order valence-corrected chi connectivity index (χ0v) is 13.8. The summed E-state index contributed by atoms with van der Waals surface area (Å²) in [6.07, 6.45) is 2.46. The number of thiazole rings is 1. The predicted molar refractivity (Wildman–Crippen MR) is 91.7 cm³/mol. The van der Waals surface area contributed by atoms with Gasteiger partial charge in [-0.25, -0.2) is 4.98 Å². The highest BCUT2D eigenvalue weighted by molar-refractivity contribution is 7.09. The third-order valence-corrected chi connectivity index (χ3v) is 4.44. The molecule has 0 saturated heterocycles. The van der Waals surface area contributed by atoms with Crippen LogP contribution in [0, 0.1) is 0 Å². The molecular weight excluding hydrogens is 324 g/mol. The van der Waals surface area contributed by atoms with Gasteiger partial charge < -0.3 is 14.8 Å². The number of aliphatic hydroxyl groups is 1. The lowest BCUT2D eigenvalue weighted by Crippen LogP contribution is -2.31. The average molecular weight is 342 g/mol. The van der Waals surface area contributed by atoms with Crippen molar-refractivity contribution >= 4 is 17.2 Å². The molecule has 2 heterocycles. The number of nitrogens with one attached hydrogen (secondary N) is 1. The van der Waals surface area contributed by atoms with Crippen molar-refractivity contribution in [2.24, 2.45) is 0 Å². The number of nitrogens with zero attached hydrogens (tertiary/aromatic N) is 1. The molecule has 0 spiro atoms. The molecule has 1 aromatic carbocycles. The third-order valence-electron chi connectivity index (χ3n) is 3.54. The van der Waals surface area contributed by atoms with E-state index in [1.54, 1.807) is 23.5 Å². The minimum absolute atomic E-state index is 0.183. The molecule has 3 aromatic rings. The van der Waals surface area contributed by atoms with E-state index in [1.807, 2.05) is 23.6 Å². The number of furan rings is 1. The highest BCUT2D eigenvalue weighted by Crippen LogP contribution is 2.16. The topological polar surface area (TPSA) is 75.4 Å². The van der Waals surface area contributed by atoms with Crippen LogP contribution >= 0.6 is 11.3 Å². The smallest absolute Gasteiger partial charge is 0.226 e. The Balaban J connectivity index is 1.57. The molecule has 5 nitrogen and oxygen atoms in total. The van der Waals surface area contributed by atoms with E-state index in [4.69, 9.17) is 4.42 Å². The summed E-state index contributed by atoms with van der Waals surface area (Å²) < 4.78 is 5.22. The van der Waals surface area contributed by atoms with Gasteiger partial charge in [0, 0.05) is 11.8 Å². The lowest BCUT2D eigenvalue weighted by atomic mass is 10.2. The standard InChI is InChI=1S/C18H18N2O3S/c21-11-15(16-7-4-8-23-16)20-17(22)10-14-12-24-18(19-14)9-13-5-2-1-3-6-13/h1-8,12,15,21H,9-11H2,(H,20,22). The Morgan fingerprint density at radius 3 is 2.79 bits per heavy atom. The molecule has 124 valence electrons. The Labute approximate surface area is 144 Å². The van der Waals surface area contributed by atoms with Gasteiger partial charge in [0.1, 0.15) is 11.8 Å². The van der Waals surface area contributed by atoms with E-state index in [1.165, 1.54) is 11.8 Å². The molecule has 0 aliphatic heterocycles. The van der Waals surface area contributed by atoms with E-state index in [0.29, 0.717) is 5.76 Å². The molecule has 0 bridgehead atoms. The van der Waals surface area contributed by atoms with E-state index in [-0.39, 0.29) is 18.9 Å². The van der Waals surface area contributed by atoms with Crippen LogP contribution in [0.3, 0.4) is 0 Å². The van der Waals surface area contributed by atoms with E-state index in [9.17, 15) is 9.90 Å². The number of rotatable bonds is 7. The van der Waals surface area contributed by atoms with Crippen LogP contribution in [0.2, 0.25) is 0 Å². The third kappa shape index (κ3) is 4.31. The molecule has 2 aromatic heterocycles. The van der Waals surface area contributed by atoms with Crippen LogP contribution in [-0.2, 0) is 17.6 Å². The quantitative estimate of drug-likeness (QED) is 0.692. The molecule has 0 radical (unpaired) electrons. The van der Waals surface area contributed by atoms with Gasteiger partial charge in [-0.1, -0.05) is 30.3 Å². The second-order valence-electron chi connectivity index (χ2n) is 5.39. The number of hydrogen-bond acceptors (Lipinski definition) is 5. The highest BCUT2D eigenvalue weighted by Gasteiger charge is 2.17. The fraction of sp³-hybridized carbons (Fsp3) is 0.222. The summed E-state index contributed by atoms with van der Waals surface area (Å²) in [5.41, 5.74) is 1.93. The van der Waals surface area contributed by atoms with Gasteiger partial charge in [0.15, 0.2) is 0 Å². The zero-order chi connectivity index (χ0) is 16.8. The molecular formula is C18H18N2O3S. The lowest BCUT2D eigenvalue weighted by molar-refractivity contribution is -0.121. The molecule has 2 N–H and O–H groups in total. The van der Waals surface area contributed by atoms with Crippen LogP contribution in [0.15, 0.2) is 58.5 Å². The summed E-state index contributed by atoms with van der Waals surface area (Å²) >= 11 is 1.55. The van der Waals surface area contributed by atoms with Gasteiger partial charge in [-0.2, -0.15) is 0 Å². The molecule has 24 heavy (non-hydrogen) atoms. The van der Waals surface area contributed by atoms with Crippen LogP contribution in [0.4, 0.5) is 0 Å². The van der Waals surface area contributed by atoms with Gasteiger partial charge in [-0.15, -0.1) is 11.3 Å². The van der Waals surface area contributed by atoms with E-state index in [0.717, 1.165) is 17.1 Å². The molecule has 3 rings (SSSR count). The second-order valence-corrected chi connectivity index (χ2v) is 6.33. The Morgan fingerprint density at radius 1 is 1.25 bits per heavy atom. The fourth-order valence-corrected chi connectivity index (χ4v) is 3.22. The normalized spacial score (nSPS) is 12.0. The van der Waals surface area contributed by atoms with Crippen LogP contribution in [-0.4, -0.2) is 22.6 Å². The van der Waals surface area contributed by atoms with E-state index >= 15 is 0 Å². The highest BCUT2D eigenvalue weighted by atomic mass is 32.1. The molecule has 0 aliphatic rings. The van der Waals surface area contributed by atoms with Crippen molar-refractivity contribution < 1.29 is 14.3 Å². The maximum absolute atomic E-state index is 12.1. The lowest BCUT2D eigenvalue weighted by Gasteiger charge is -2.13. The van der Waals surface area contributed by atoms with Crippen molar-refractivity contribution in [1.82, 2.24) is 10.3 Å².